The number of hydrogen-bond donors (Lipinski definition) is 3. The Balaban J connectivity index is 3.14. The van der Waals surface area contributed by atoms with Gasteiger partial charge in [-0.2, -0.15) is 0 Å². The molecule has 3 N–H and O–H groups in total. The van der Waals surface area contributed by atoms with E-state index in [1.54, 1.807) is 0 Å². The van der Waals surface area contributed by atoms with Crippen LogP contribution in [0.25, 0.3) is 0 Å². The molecule has 0 spiro atoms. The first-order valence-corrected chi connectivity index (χ1v) is 11.3. The smallest absolute Gasteiger partial charge is 0.152 e. The molecular weight excluding hydrogens is 326 g/mol. The van der Waals surface area contributed by atoms with Gasteiger partial charge in [-0.25, -0.2) is 0 Å². The SMILES string of the molecule is CCCCCCCCCCCCCCCC(=O)CCCNCCC(O)O. The van der Waals surface area contributed by atoms with Crippen molar-refractivity contribution >= 4 is 5.78 Å². The van der Waals surface area contributed by atoms with E-state index in [1.807, 2.05) is 0 Å². The van der Waals surface area contributed by atoms with E-state index in [0.29, 0.717) is 25.2 Å². The van der Waals surface area contributed by atoms with E-state index >= 15 is 0 Å². The number of nitrogens with one attached hydrogen (secondary N) is 1. The molecule has 4 heteroatoms. The summed E-state index contributed by atoms with van der Waals surface area (Å²) in [5, 5.41) is 20.5. The fourth-order valence-electron chi connectivity index (χ4n) is 3.23. The average Bonchev–Trinajstić information content (AvgIpc) is 2.61. The molecule has 0 bridgehead atoms. The molecular formula is C22H45NO3. The van der Waals surface area contributed by atoms with Crippen LogP contribution in [0.3, 0.4) is 0 Å². The van der Waals surface area contributed by atoms with Gasteiger partial charge in [-0.3, -0.25) is 4.79 Å². The summed E-state index contributed by atoms with van der Waals surface area (Å²) in [5.41, 5.74) is 0. The largest absolute Gasteiger partial charge is 0.368 e. The summed E-state index contributed by atoms with van der Waals surface area (Å²) < 4.78 is 0. The fourth-order valence-corrected chi connectivity index (χ4v) is 3.23. The minimum atomic E-state index is -1.24. The minimum Gasteiger partial charge on any atom is -0.368 e. The van der Waals surface area contributed by atoms with Gasteiger partial charge in [0, 0.05) is 19.3 Å². The van der Waals surface area contributed by atoms with Crippen molar-refractivity contribution in [1.82, 2.24) is 5.32 Å². The monoisotopic (exact) mass is 371 g/mol. The first-order valence-electron chi connectivity index (χ1n) is 11.3. The highest BCUT2D eigenvalue weighted by Gasteiger charge is 2.02. The lowest BCUT2D eigenvalue weighted by atomic mass is 10.0. The maximum atomic E-state index is 11.8. The quantitative estimate of drug-likeness (QED) is 0.194. The van der Waals surface area contributed by atoms with Crippen molar-refractivity contribution in [3.05, 3.63) is 0 Å². The molecule has 26 heavy (non-hydrogen) atoms. The Kier molecular flexibility index (Phi) is 20.5. The zero-order chi connectivity index (χ0) is 19.3. The minimum absolute atomic E-state index is 0.340. The van der Waals surface area contributed by atoms with Crippen LogP contribution < -0.4 is 5.32 Å². The molecule has 0 aliphatic rings. The van der Waals surface area contributed by atoms with Crippen LogP contribution in [0, 0.1) is 0 Å². The number of ketones is 1. The van der Waals surface area contributed by atoms with Gasteiger partial charge in [0.2, 0.25) is 0 Å². The summed E-state index contributed by atoms with van der Waals surface area (Å²) >= 11 is 0. The number of unbranched alkanes of at least 4 members (excludes halogenated alkanes) is 12. The van der Waals surface area contributed by atoms with Crippen LogP contribution in [0.15, 0.2) is 0 Å². The van der Waals surface area contributed by atoms with E-state index in [2.05, 4.69) is 12.2 Å². The van der Waals surface area contributed by atoms with Crippen LogP contribution in [0.2, 0.25) is 0 Å². The molecule has 0 amide bonds. The Morgan fingerprint density at radius 1 is 0.692 bits per heavy atom. The molecule has 0 aromatic carbocycles. The molecule has 0 rings (SSSR count). The Hall–Kier alpha value is -0.450. The molecule has 0 saturated carbocycles. The van der Waals surface area contributed by atoms with Crippen molar-refractivity contribution in [3.8, 4) is 0 Å². The van der Waals surface area contributed by atoms with Crippen LogP contribution in [0.4, 0.5) is 0 Å². The molecule has 0 unspecified atom stereocenters. The van der Waals surface area contributed by atoms with Crippen molar-refractivity contribution < 1.29 is 15.0 Å². The Labute approximate surface area is 162 Å². The van der Waals surface area contributed by atoms with Crippen molar-refractivity contribution in [2.45, 2.75) is 122 Å². The zero-order valence-electron chi connectivity index (χ0n) is 17.3. The highest BCUT2D eigenvalue weighted by Crippen LogP contribution is 2.13. The third-order valence-corrected chi connectivity index (χ3v) is 4.95. The normalized spacial score (nSPS) is 11.4. The number of carbonyl (C=O) groups excluding carboxylic acids is 1. The van der Waals surface area contributed by atoms with Crippen molar-refractivity contribution in [2.75, 3.05) is 13.1 Å². The van der Waals surface area contributed by atoms with Crippen molar-refractivity contribution in [2.24, 2.45) is 0 Å². The van der Waals surface area contributed by atoms with Gasteiger partial charge >= 0.3 is 0 Å². The summed E-state index contributed by atoms with van der Waals surface area (Å²) in [6.07, 6.45) is 18.7. The summed E-state index contributed by atoms with van der Waals surface area (Å²) in [7, 11) is 0. The Bertz CT molecular complexity index is 295. The standard InChI is InChI=1S/C22H45NO3/c1-2-3-4-5-6-7-8-9-10-11-12-13-14-16-21(24)17-15-19-23-20-18-22(25)26/h22-23,25-26H,2-20H2,1H3. The second kappa shape index (κ2) is 20.9. The maximum absolute atomic E-state index is 11.8. The number of hydrogen-bond acceptors (Lipinski definition) is 4. The van der Waals surface area contributed by atoms with E-state index in [1.165, 1.54) is 77.0 Å². The topological polar surface area (TPSA) is 69.6 Å². The molecule has 0 aliphatic heterocycles. The van der Waals surface area contributed by atoms with Crippen LogP contribution in [-0.4, -0.2) is 35.4 Å². The number of carbonyl (C=O) groups is 1. The van der Waals surface area contributed by atoms with Gasteiger partial charge in [0.1, 0.15) is 5.78 Å². The lowest BCUT2D eigenvalue weighted by molar-refractivity contribution is -0.119. The molecule has 4 nitrogen and oxygen atoms in total. The highest BCUT2D eigenvalue weighted by molar-refractivity contribution is 5.78. The lowest BCUT2D eigenvalue weighted by Gasteiger charge is -2.06. The second-order valence-corrected chi connectivity index (χ2v) is 7.65. The lowest BCUT2D eigenvalue weighted by Crippen LogP contribution is -2.21. The molecule has 0 fully saturated rings. The van der Waals surface area contributed by atoms with E-state index in [0.717, 1.165) is 25.8 Å². The van der Waals surface area contributed by atoms with Gasteiger partial charge in [0.25, 0.3) is 0 Å². The van der Waals surface area contributed by atoms with Crippen molar-refractivity contribution in [3.63, 3.8) is 0 Å². The van der Waals surface area contributed by atoms with Gasteiger partial charge in [0.15, 0.2) is 6.29 Å². The Morgan fingerprint density at radius 2 is 1.15 bits per heavy atom. The predicted molar refractivity (Wildman–Crippen MR) is 110 cm³/mol. The third-order valence-electron chi connectivity index (χ3n) is 4.95. The van der Waals surface area contributed by atoms with Gasteiger partial charge in [-0.05, 0) is 25.9 Å². The molecule has 0 radical (unpaired) electrons. The first kappa shape index (κ1) is 25.6. The van der Waals surface area contributed by atoms with Crippen molar-refractivity contribution in [1.29, 1.82) is 0 Å². The van der Waals surface area contributed by atoms with E-state index < -0.39 is 6.29 Å². The number of rotatable bonds is 21. The molecule has 0 atom stereocenters. The van der Waals surface area contributed by atoms with Crippen LogP contribution in [-0.2, 0) is 4.79 Å². The van der Waals surface area contributed by atoms with E-state index in [-0.39, 0.29) is 0 Å². The van der Waals surface area contributed by atoms with Gasteiger partial charge < -0.3 is 15.5 Å². The molecule has 0 heterocycles. The molecule has 156 valence electrons. The van der Waals surface area contributed by atoms with Gasteiger partial charge in [0.05, 0.1) is 0 Å². The fraction of sp³-hybridized carbons (Fsp3) is 0.955. The summed E-state index contributed by atoms with van der Waals surface area (Å²) in [6.45, 7) is 3.63. The second-order valence-electron chi connectivity index (χ2n) is 7.65. The predicted octanol–water partition coefficient (Wildman–Crippen LogP) is 5.11. The van der Waals surface area contributed by atoms with Crippen LogP contribution in [0.5, 0.6) is 0 Å². The van der Waals surface area contributed by atoms with E-state index in [9.17, 15) is 4.79 Å². The highest BCUT2D eigenvalue weighted by atomic mass is 16.5. The first-order chi connectivity index (χ1) is 12.7. The third kappa shape index (κ3) is 21.6. The number of aliphatic hydroxyl groups excluding tert-OH is 1. The average molecular weight is 372 g/mol. The van der Waals surface area contributed by atoms with Gasteiger partial charge in [-0.1, -0.05) is 84.0 Å². The number of aliphatic hydroxyl groups is 2. The number of Topliss-reactive ketones (excluding diaryl/α,β-unsaturated/α-hetero) is 1. The Morgan fingerprint density at radius 3 is 1.65 bits per heavy atom. The van der Waals surface area contributed by atoms with Crippen LogP contribution in [0.1, 0.15) is 116 Å². The molecule has 0 aliphatic carbocycles. The maximum Gasteiger partial charge on any atom is 0.152 e. The molecule has 0 saturated heterocycles. The van der Waals surface area contributed by atoms with E-state index in [4.69, 9.17) is 10.2 Å². The molecule has 0 aromatic heterocycles. The summed E-state index contributed by atoms with van der Waals surface area (Å²) in [4.78, 5) is 11.8. The zero-order valence-corrected chi connectivity index (χ0v) is 17.3. The van der Waals surface area contributed by atoms with Crippen LogP contribution >= 0.6 is 0 Å². The molecule has 0 aromatic rings. The van der Waals surface area contributed by atoms with Gasteiger partial charge in [-0.15, -0.1) is 0 Å². The summed E-state index contributed by atoms with van der Waals surface area (Å²) in [6, 6.07) is 0. The summed E-state index contributed by atoms with van der Waals surface area (Å²) in [5.74, 6) is 0.372.